The Morgan fingerprint density at radius 3 is 1.45 bits per heavy atom. The molecular weight excluding hydrogens is 308 g/mol. The Labute approximate surface area is 135 Å². The fraction of sp³-hybridized carbons (Fsp3) is 0.857. The summed E-state index contributed by atoms with van der Waals surface area (Å²) in [6.45, 7) is 11.7. The summed E-state index contributed by atoms with van der Waals surface area (Å²) in [4.78, 5) is 2.00. The molecule has 0 aliphatic rings. The van der Waals surface area contributed by atoms with E-state index >= 15 is 0 Å². The maximum Gasteiger partial charge on any atom is 0.501 e. The van der Waals surface area contributed by atoms with Crippen molar-refractivity contribution in [2.45, 2.75) is 53.5 Å². The standard InChI is InChI=1S/C14H28O3S2Si/c1-6-15-20(16-7-2,17-8-3)11-14(9-12(4)18)10-13(5)19/h14H,6-11H2,1-5H3. The molecule has 0 unspecified atom stereocenters. The summed E-state index contributed by atoms with van der Waals surface area (Å²) in [7, 11) is -2.61. The van der Waals surface area contributed by atoms with Crippen molar-refractivity contribution < 1.29 is 13.3 Å². The zero-order chi connectivity index (χ0) is 15.6. The van der Waals surface area contributed by atoms with Gasteiger partial charge in [0.1, 0.15) is 0 Å². The van der Waals surface area contributed by atoms with Gasteiger partial charge in [-0.15, -0.1) is 0 Å². The Morgan fingerprint density at radius 2 is 1.20 bits per heavy atom. The third-order valence-electron chi connectivity index (χ3n) is 2.78. The number of hydrogen-bond donors (Lipinski definition) is 0. The SMILES string of the molecule is CCO[Si](CC(CC(C)=S)CC(C)=S)(OCC)OCC. The van der Waals surface area contributed by atoms with E-state index in [-0.39, 0.29) is 0 Å². The third-order valence-corrected chi connectivity index (χ3v) is 6.38. The molecule has 0 N–H and O–H groups in total. The highest BCUT2D eigenvalue weighted by atomic mass is 32.1. The van der Waals surface area contributed by atoms with Crippen LogP contribution < -0.4 is 0 Å². The molecule has 6 heteroatoms. The first-order chi connectivity index (χ1) is 9.39. The lowest BCUT2D eigenvalue weighted by molar-refractivity contribution is 0.0675. The molecule has 0 fully saturated rings. The minimum absolute atomic E-state index is 0.348. The first kappa shape index (κ1) is 20.3. The number of rotatable bonds is 12. The smallest absolute Gasteiger partial charge is 0.374 e. The van der Waals surface area contributed by atoms with E-state index in [4.69, 9.17) is 37.7 Å². The Balaban J connectivity index is 4.99. The van der Waals surface area contributed by atoms with Gasteiger partial charge in [0.15, 0.2) is 0 Å². The molecule has 0 aromatic heterocycles. The van der Waals surface area contributed by atoms with E-state index in [9.17, 15) is 0 Å². The molecule has 0 aromatic rings. The van der Waals surface area contributed by atoms with Crippen LogP contribution in [0.1, 0.15) is 47.5 Å². The molecule has 3 nitrogen and oxygen atoms in total. The van der Waals surface area contributed by atoms with Crippen molar-refractivity contribution in [1.82, 2.24) is 0 Å². The van der Waals surface area contributed by atoms with Crippen LogP contribution in [0.2, 0.25) is 6.04 Å². The van der Waals surface area contributed by atoms with Crippen LogP contribution in [0.3, 0.4) is 0 Å². The lowest BCUT2D eigenvalue weighted by atomic mass is 10.0. The van der Waals surface area contributed by atoms with Gasteiger partial charge >= 0.3 is 8.80 Å². The van der Waals surface area contributed by atoms with Gasteiger partial charge < -0.3 is 13.3 Å². The first-order valence-corrected chi connectivity index (χ1v) is 10.0. The van der Waals surface area contributed by atoms with Crippen LogP contribution in [0.4, 0.5) is 0 Å². The summed E-state index contributed by atoms with van der Waals surface area (Å²) in [5.74, 6) is 0.348. The van der Waals surface area contributed by atoms with E-state index in [0.29, 0.717) is 25.7 Å². The van der Waals surface area contributed by atoms with Gasteiger partial charge in [-0.3, -0.25) is 0 Å². The average molecular weight is 337 g/mol. The topological polar surface area (TPSA) is 27.7 Å². The summed E-state index contributed by atoms with van der Waals surface area (Å²) >= 11 is 10.5. The van der Waals surface area contributed by atoms with Gasteiger partial charge in [0, 0.05) is 25.9 Å². The van der Waals surface area contributed by atoms with Gasteiger partial charge in [0.2, 0.25) is 0 Å². The molecule has 0 rings (SSSR count). The van der Waals surface area contributed by atoms with Crippen molar-refractivity contribution in [1.29, 1.82) is 0 Å². The van der Waals surface area contributed by atoms with Crippen molar-refractivity contribution in [2.24, 2.45) is 5.92 Å². The second-order valence-corrected chi connectivity index (χ2v) is 8.90. The monoisotopic (exact) mass is 336 g/mol. The molecule has 0 spiro atoms. The quantitative estimate of drug-likeness (QED) is 0.393. The van der Waals surface area contributed by atoms with E-state index in [1.54, 1.807) is 0 Å². The summed E-state index contributed by atoms with van der Waals surface area (Å²) < 4.78 is 17.7. The second-order valence-electron chi connectivity index (χ2n) is 4.86. The zero-order valence-electron chi connectivity index (χ0n) is 13.4. The van der Waals surface area contributed by atoms with E-state index in [1.165, 1.54) is 0 Å². The van der Waals surface area contributed by atoms with Gasteiger partial charge in [-0.25, -0.2) is 0 Å². The lowest BCUT2D eigenvalue weighted by Crippen LogP contribution is -2.47. The molecule has 0 radical (unpaired) electrons. The summed E-state index contributed by atoms with van der Waals surface area (Å²) in [6, 6.07) is 0.782. The number of hydrogen-bond acceptors (Lipinski definition) is 5. The minimum atomic E-state index is -2.61. The summed E-state index contributed by atoms with van der Waals surface area (Å²) in [5, 5.41) is 0. The van der Waals surface area contributed by atoms with E-state index in [2.05, 4.69) is 0 Å². The molecule has 0 atom stereocenters. The summed E-state index contributed by atoms with van der Waals surface area (Å²) in [6.07, 6.45) is 1.73. The lowest BCUT2D eigenvalue weighted by Gasteiger charge is -2.31. The molecule has 0 heterocycles. The molecule has 0 bridgehead atoms. The van der Waals surface area contributed by atoms with Crippen LogP contribution in [-0.2, 0) is 13.3 Å². The molecular formula is C14H28O3S2Si. The van der Waals surface area contributed by atoms with Crippen LogP contribution >= 0.6 is 24.4 Å². The minimum Gasteiger partial charge on any atom is -0.374 e. The zero-order valence-corrected chi connectivity index (χ0v) is 16.0. The molecule has 0 saturated carbocycles. The molecule has 20 heavy (non-hydrogen) atoms. The van der Waals surface area contributed by atoms with Crippen molar-refractivity contribution in [3.63, 3.8) is 0 Å². The van der Waals surface area contributed by atoms with Crippen LogP contribution in [0, 0.1) is 5.92 Å². The largest absolute Gasteiger partial charge is 0.501 e. The second kappa shape index (κ2) is 10.9. The highest BCUT2D eigenvalue weighted by molar-refractivity contribution is 7.80. The molecule has 0 aliphatic heterocycles. The van der Waals surface area contributed by atoms with Gasteiger partial charge in [0.25, 0.3) is 0 Å². The Hall–Kier alpha value is 0.277. The van der Waals surface area contributed by atoms with Crippen LogP contribution in [-0.4, -0.2) is 38.4 Å². The van der Waals surface area contributed by atoms with Crippen molar-refractivity contribution in [3.8, 4) is 0 Å². The normalized spacial score (nSPS) is 11.9. The van der Waals surface area contributed by atoms with E-state index < -0.39 is 8.80 Å². The Bertz CT molecular complexity index is 278. The molecule has 0 aromatic carbocycles. The first-order valence-electron chi connectivity index (χ1n) is 7.29. The molecule has 0 amide bonds. The van der Waals surface area contributed by atoms with Crippen LogP contribution in [0.25, 0.3) is 0 Å². The van der Waals surface area contributed by atoms with E-state index in [0.717, 1.165) is 28.6 Å². The van der Waals surface area contributed by atoms with Gasteiger partial charge in [-0.2, -0.15) is 0 Å². The van der Waals surface area contributed by atoms with Crippen molar-refractivity contribution in [2.75, 3.05) is 19.8 Å². The fourth-order valence-electron chi connectivity index (χ4n) is 2.34. The number of thiocarbonyl (C=S) groups is 2. The molecule has 118 valence electrons. The van der Waals surface area contributed by atoms with Gasteiger partial charge in [0.05, 0.1) is 0 Å². The Morgan fingerprint density at radius 1 is 0.850 bits per heavy atom. The highest BCUT2D eigenvalue weighted by Gasteiger charge is 2.42. The van der Waals surface area contributed by atoms with Gasteiger partial charge in [-0.1, -0.05) is 24.4 Å². The van der Waals surface area contributed by atoms with Crippen LogP contribution in [0.5, 0.6) is 0 Å². The average Bonchev–Trinajstić information content (AvgIpc) is 2.27. The van der Waals surface area contributed by atoms with Crippen LogP contribution in [0.15, 0.2) is 0 Å². The maximum atomic E-state index is 5.91. The maximum absolute atomic E-state index is 5.91. The predicted molar refractivity (Wildman–Crippen MR) is 94.7 cm³/mol. The van der Waals surface area contributed by atoms with E-state index in [1.807, 2.05) is 34.6 Å². The third kappa shape index (κ3) is 8.54. The predicted octanol–water partition coefficient (Wildman–Crippen LogP) is 4.21. The molecule has 0 aliphatic carbocycles. The van der Waals surface area contributed by atoms with Crippen molar-refractivity contribution >= 4 is 43.0 Å². The summed E-state index contributed by atoms with van der Waals surface area (Å²) in [5.41, 5.74) is 0. The van der Waals surface area contributed by atoms with Gasteiger partial charge in [-0.05, 0) is 63.1 Å². The fourth-order valence-corrected chi connectivity index (χ4v) is 5.73. The highest BCUT2D eigenvalue weighted by Crippen LogP contribution is 2.27. The Kier molecular flexibility index (Phi) is 11.1. The van der Waals surface area contributed by atoms with Crippen molar-refractivity contribution in [3.05, 3.63) is 0 Å². The molecule has 0 saturated heterocycles.